The topological polar surface area (TPSA) is 76.0 Å². The minimum atomic E-state index is -0.730. The molecule has 1 N–H and O–H groups in total. The monoisotopic (exact) mass is 413 g/mol. The first kappa shape index (κ1) is 20.6. The van der Waals surface area contributed by atoms with Crippen LogP contribution in [0.4, 0.5) is 0 Å². The molecule has 1 aromatic carbocycles. The normalized spacial score (nSPS) is 17.2. The molecule has 2 rings (SSSR count). The van der Waals surface area contributed by atoms with E-state index in [9.17, 15) is 14.7 Å². The van der Waals surface area contributed by atoms with Crippen LogP contribution in [-0.4, -0.2) is 28.6 Å². The van der Waals surface area contributed by atoms with Crippen LogP contribution >= 0.6 is 35.0 Å². The van der Waals surface area contributed by atoms with Crippen molar-refractivity contribution in [2.75, 3.05) is 6.61 Å². The van der Waals surface area contributed by atoms with Crippen LogP contribution in [0.25, 0.3) is 6.08 Å². The van der Waals surface area contributed by atoms with Crippen molar-refractivity contribution in [2.24, 2.45) is 4.99 Å². The van der Waals surface area contributed by atoms with Crippen molar-refractivity contribution in [2.45, 2.75) is 26.7 Å². The molecule has 138 valence electrons. The number of carbonyl (C=O) groups excluding carboxylic acids is 2. The minimum absolute atomic E-state index is 0.113. The smallest absolute Gasteiger partial charge is 0.344 e. The third-order valence-electron chi connectivity index (χ3n) is 3.31. The van der Waals surface area contributed by atoms with Crippen molar-refractivity contribution in [3.05, 3.63) is 50.0 Å². The number of benzene rings is 1. The van der Waals surface area contributed by atoms with Crippen LogP contribution in [-0.2, 0) is 14.3 Å². The summed E-state index contributed by atoms with van der Waals surface area (Å²) in [5.74, 6) is -1.39. The highest BCUT2D eigenvalue weighted by molar-refractivity contribution is 8.18. The lowest BCUT2D eigenvalue weighted by Gasteiger charge is -2.03. The number of hydrogen-bond donors (Lipinski definition) is 1. The maximum atomic E-state index is 12.2. The number of rotatable bonds is 5. The Morgan fingerprint density at radius 2 is 2.04 bits per heavy atom. The quantitative estimate of drug-likeness (QED) is 0.672. The third-order valence-corrected chi connectivity index (χ3v) is 4.89. The van der Waals surface area contributed by atoms with Gasteiger partial charge in [0.15, 0.2) is 0 Å². The van der Waals surface area contributed by atoms with Crippen LogP contribution in [0.15, 0.2) is 39.4 Å². The van der Waals surface area contributed by atoms with E-state index in [0.29, 0.717) is 26.9 Å². The molecule has 1 amide bonds. The molecule has 1 aliphatic heterocycles. The number of ether oxygens (including phenoxy) is 1. The summed E-state index contributed by atoms with van der Waals surface area (Å²) in [4.78, 5) is 28.4. The van der Waals surface area contributed by atoms with Crippen LogP contribution in [0.5, 0.6) is 0 Å². The van der Waals surface area contributed by atoms with Gasteiger partial charge < -0.3 is 9.84 Å². The second-order valence-electron chi connectivity index (χ2n) is 5.28. The summed E-state index contributed by atoms with van der Waals surface area (Å²) < 4.78 is 4.97. The fourth-order valence-corrected chi connectivity index (χ4v) is 3.62. The van der Waals surface area contributed by atoms with Gasteiger partial charge >= 0.3 is 5.97 Å². The zero-order chi connectivity index (χ0) is 19.3. The van der Waals surface area contributed by atoms with Gasteiger partial charge in [-0.25, -0.2) is 9.79 Å². The molecule has 1 aromatic rings. The van der Waals surface area contributed by atoms with E-state index in [1.807, 2.05) is 6.92 Å². The molecule has 5 nitrogen and oxygen atoms in total. The van der Waals surface area contributed by atoms with Crippen LogP contribution in [0.1, 0.15) is 32.3 Å². The molecular formula is C18H17Cl2NO4S. The summed E-state index contributed by atoms with van der Waals surface area (Å²) in [7, 11) is 0. The molecule has 0 radical (unpaired) electrons. The van der Waals surface area contributed by atoms with Crippen LogP contribution in [0.3, 0.4) is 0 Å². The molecule has 0 aliphatic carbocycles. The van der Waals surface area contributed by atoms with Crippen molar-refractivity contribution < 1.29 is 19.4 Å². The van der Waals surface area contributed by atoms with Gasteiger partial charge in [0.2, 0.25) is 5.91 Å². The average molecular weight is 414 g/mol. The largest absolute Gasteiger partial charge is 0.506 e. The predicted molar refractivity (Wildman–Crippen MR) is 106 cm³/mol. The number of aliphatic hydroxyl groups is 1. The van der Waals surface area contributed by atoms with E-state index in [2.05, 4.69) is 4.99 Å². The summed E-state index contributed by atoms with van der Waals surface area (Å²) in [6.45, 7) is 3.65. The summed E-state index contributed by atoms with van der Waals surface area (Å²) in [6, 6.07) is 4.92. The second kappa shape index (κ2) is 9.26. The van der Waals surface area contributed by atoms with Gasteiger partial charge in [0.25, 0.3) is 0 Å². The van der Waals surface area contributed by atoms with Gasteiger partial charge in [-0.05, 0) is 37.1 Å². The first-order valence-electron chi connectivity index (χ1n) is 7.94. The highest BCUT2D eigenvalue weighted by Gasteiger charge is 2.33. The van der Waals surface area contributed by atoms with E-state index >= 15 is 0 Å². The fraction of sp³-hybridized carbons (Fsp3) is 0.278. The lowest BCUT2D eigenvalue weighted by molar-refractivity contribution is -0.138. The lowest BCUT2D eigenvalue weighted by Crippen LogP contribution is -2.14. The maximum Gasteiger partial charge on any atom is 0.344 e. The fourth-order valence-electron chi connectivity index (χ4n) is 2.13. The number of halogens is 2. The Bertz CT molecular complexity index is 830. The lowest BCUT2D eigenvalue weighted by atomic mass is 10.1. The number of nitrogens with zero attached hydrogens (tertiary/aromatic N) is 1. The Morgan fingerprint density at radius 3 is 2.65 bits per heavy atom. The third kappa shape index (κ3) is 4.90. The molecule has 0 fully saturated rings. The number of aliphatic imine (C=N–C) groups is 1. The van der Waals surface area contributed by atoms with Crippen LogP contribution < -0.4 is 0 Å². The van der Waals surface area contributed by atoms with Crippen molar-refractivity contribution in [3.63, 3.8) is 0 Å². The Labute approximate surface area is 165 Å². The van der Waals surface area contributed by atoms with E-state index < -0.39 is 5.97 Å². The van der Waals surface area contributed by atoms with E-state index in [4.69, 9.17) is 27.9 Å². The van der Waals surface area contributed by atoms with Crippen molar-refractivity contribution in [1.29, 1.82) is 0 Å². The van der Waals surface area contributed by atoms with E-state index in [1.54, 1.807) is 31.2 Å². The van der Waals surface area contributed by atoms with Gasteiger partial charge in [-0.1, -0.05) is 48.0 Å². The molecule has 0 aromatic heterocycles. The van der Waals surface area contributed by atoms with Crippen molar-refractivity contribution >= 4 is 58.0 Å². The minimum Gasteiger partial charge on any atom is -0.506 e. The summed E-state index contributed by atoms with van der Waals surface area (Å²) >= 11 is 13.1. The molecule has 0 saturated carbocycles. The highest BCUT2D eigenvalue weighted by Crippen LogP contribution is 2.40. The van der Waals surface area contributed by atoms with Gasteiger partial charge in [-0.15, -0.1) is 0 Å². The first-order chi connectivity index (χ1) is 12.4. The summed E-state index contributed by atoms with van der Waals surface area (Å²) in [5.41, 5.74) is 0.493. The number of amides is 1. The number of esters is 1. The van der Waals surface area contributed by atoms with Crippen molar-refractivity contribution in [3.8, 4) is 0 Å². The summed E-state index contributed by atoms with van der Waals surface area (Å²) in [5, 5.41) is 11.5. The van der Waals surface area contributed by atoms with Gasteiger partial charge in [-0.2, -0.15) is 0 Å². The molecule has 0 saturated heterocycles. The first-order valence-corrected chi connectivity index (χ1v) is 9.51. The Hall–Kier alpha value is -1.76. The van der Waals surface area contributed by atoms with E-state index in [-0.39, 0.29) is 35.3 Å². The zero-order valence-electron chi connectivity index (χ0n) is 14.2. The Balaban J connectivity index is 2.47. The number of aliphatic hydroxyl groups excluding tert-OH is 1. The standard InChI is InChI=1S/C18H17Cl2NO4S/c1-3-5-14(22)21-17-15(18(24)25-4-2)16(23)13(26-17)8-10-6-7-11(19)9-12(10)20/h6-9,23H,3-5H2,1-2H3/b13-8-,21-17?. The zero-order valence-corrected chi connectivity index (χ0v) is 16.5. The molecule has 0 spiro atoms. The molecule has 0 atom stereocenters. The van der Waals surface area contributed by atoms with Crippen LogP contribution in [0, 0.1) is 0 Å². The predicted octanol–water partition coefficient (Wildman–Crippen LogP) is 5.18. The molecule has 26 heavy (non-hydrogen) atoms. The van der Waals surface area contributed by atoms with Gasteiger partial charge in [0.1, 0.15) is 16.4 Å². The van der Waals surface area contributed by atoms with Crippen LogP contribution in [0.2, 0.25) is 10.0 Å². The number of hydrogen-bond acceptors (Lipinski definition) is 5. The molecule has 0 bridgehead atoms. The van der Waals surface area contributed by atoms with Crippen molar-refractivity contribution in [1.82, 2.24) is 0 Å². The Morgan fingerprint density at radius 1 is 1.31 bits per heavy atom. The summed E-state index contributed by atoms with van der Waals surface area (Å²) in [6.07, 6.45) is 2.49. The molecular weight excluding hydrogens is 397 g/mol. The average Bonchev–Trinajstić information content (AvgIpc) is 2.86. The van der Waals surface area contributed by atoms with Gasteiger partial charge in [0, 0.05) is 16.5 Å². The number of thioether (sulfide) groups is 1. The van der Waals surface area contributed by atoms with Gasteiger partial charge in [0.05, 0.1) is 11.5 Å². The van der Waals surface area contributed by atoms with E-state index in [1.165, 1.54) is 0 Å². The molecule has 1 aliphatic rings. The van der Waals surface area contributed by atoms with Gasteiger partial charge in [-0.3, -0.25) is 4.79 Å². The Kier molecular flexibility index (Phi) is 7.32. The SMILES string of the molecule is CCCC(=O)N=C1S/C(=C\c2ccc(Cl)cc2Cl)C(O)=C1C(=O)OCC. The maximum absolute atomic E-state index is 12.2. The molecule has 1 heterocycles. The second-order valence-corrected chi connectivity index (χ2v) is 7.16. The highest BCUT2D eigenvalue weighted by atomic mass is 35.5. The number of carbonyl (C=O) groups is 2. The molecule has 0 unspecified atom stereocenters. The van der Waals surface area contributed by atoms with E-state index in [0.717, 1.165) is 11.8 Å². The molecule has 8 heteroatoms.